The van der Waals surface area contributed by atoms with E-state index in [4.69, 9.17) is 4.98 Å². The smallest absolute Gasteiger partial charge is 0.358 e. The molecule has 0 aliphatic carbocycles. The zero-order chi connectivity index (χ0) is 25.9. The van der Waals surface area contributed by atoms with Crippen molar-refractivity contribution in [2.24, 2.45) is 0 Å². The third-order valence-corrected chi connectivity index (χ3v) is 9.98. The van der Waals surface area contributed by atoms with Crippen molar-refractivity contribution in [1.82, 2.24) is 9.46 Å². The summed E-state index contributed by atoms with van der Waals surface area (Å²) >= 11 is 1.86. The van der Waals surface area contributed by atoms with E-state index >= 15 is 0 Å². The molecule has 5 aromatic carbocycles. The second kappa shape index (κ2) is 7.41. The van der Waals surface area contributed by atoms with E-state index in [9.17, 15) is 0 Å². The van der Waals surface area contributed by atoms with Crippen molar-refractivity contribution in [3.63, 3.8) is 0 Å². The summed E-state index contributed by atoms with van der Waals surface area (Å²) < 4.78 is 5.13. The van der Waals surface area contributed by atoms with E-state index in [0.29, 0.717) is 0 Å². The third-order valence-electron chi connectivity index (χ3n) is 8.76. The number of rotatable bonds is 1. The largest absolute Gasteiger partial charge is 0.422 e. The van der Waals surface area contributed by atoms with Gasteiger partial charge < -0.3 is 9.29 Å². The van der Waals surface area contributed by atoms with E-state index in [1.807, 2.05) is 11.3 Å². The fraction of sp³-hybridized carbons (Fsp3) is 0. The summed E-state index contributed by atoms with van der Waals surface area (Å²) in [7, 11) is 0. The lowest BCUT2D eigenvalue weighted by Gasteiger charge is -2.34. The number of hydrogen-bond acceptors (Lipinski definition) is 3. The molecule has 3 aromatic heterocycles. The van der Waals surface area contributed by atoms with Crippen LogP contribution in [0.3, 0.4) is 0 Å². The average Bonchev–Trinajstić information content (AvgIpc) is 3.68. The molecule has 184 valence electrons. The van der Waals surface area contributed by atoms with Gasteiger partial charge in [0.25, 0.3) is 0 Å². The van der Waals surface area contributed by atoms with Gasteiger partial charge in [-0.1, -0.05) is 97.1 Å². The summed E-state index contributed by atoms with van der Waals surface area (Å²) in [5.74, 6) is 1.04. The van der Waals surface area contributed by atoms with Crippen LogP contribution < -0.4 is 10.3 Å². The van der Waals surface area contributed by atoms with Gasteiger partial charge in [0.05, 0.1) is 11.2 Å². The maximum Gasteiger partial charge on any atom is 0.422 e. The first-order valence-corrected chi connectivity index (χ1v) is 14.5. The monoisotopic (exact) mass is 525 g/mol. The Morgan fingerprint density at radius 2 is 1.32 bits per heavy atom. The Balaban J connectivity index is 1.34. The van der Waals surface area contributed by atoms with Gasteiger partial charge in [-0.05, 0) is 35.3 Å². The van der Waals surface area contributed by atoms with Crippen molar-refractivity contribution >= 4 is 77.3 Å². The summed E-state index contributed by atoms with van der Waals surface area (Å²) in [5.41, 5.74) is 9.77. The number of aromatic nitrogens is 2. The van der Waals surface area contributed by atoms with Crippen molar-refractivity contribution in [2.45, 2.75) is 0 Å². The van der Waals surface area contributed by atoms with Gasteiger partial charge in [-0.2, -0.15) is 0 Å². The lowest BCUT2D eigenvalue weighted by Crippen LogP contribution is -2.51. The highest BCUT2D eigenvalue weighted by Crippen LogP contribution is 2.49. The molecule has 3 nitrogen and oxygen atoms in total. The SMILES string of the molecule is c1ccc2c(c1)B1N(c3ccccc3-2)c2nc(-c3cccc4c3sc3ccccc34)cc3c4ccccc4n1c23. The lowest BCUT2D eigenvalue weighted by molar-refractivity contribution is 1.26. The standard InChI is InChI=1S/C35H20BN3S/c1-5-16-28-21(10-1)22-11-2-7-18-31(22)39-35-33-27(23-12-3-6-17-30(23)38(33)36(28)39)20-29(37-35)26-15-9-14-25-24-13-4-8-19-32(24)40-34(25)26/h1-20H. The second-order valence-corrected chi connectivity index (χ2v) is 11.8. The molecule has 0 radical (unpaired) electrons. The molecule has 0 bridgehead atoms. The molecule has 0 N–H and O–H groups in total. The zero-order valence-electron chi connectivity index (χ0n) is 21.4. The van der Waals surface area contributed by atoms with Gasteiger partial charge in [-0.25, -0.2) is 4.98 Å². The maximum atomic E-state index is 5.53. The maximum absolute atomic E-state index is 5.53. The van der Waals surface area contributed by atoms with Crippen LogP contribution in [0.25, 0.3) is 64.4 Å². The molecule has 0 saturated heterocycles. The van der Waals surface area contributed by atoms with E-state index in [1.54, 1.807) is 0 Å². The fourth-order valence-electron chi connectivity index (χ4n) is 7.14. The topological polar surface area (TPSA) is 21.1 Å². The van der Waals surface area contributed by atoms with Gasteiger partial charge in [0.1, 0.15) is 5.82 Å². The molecule has 5 heterocycles. The lowest BCUT2D eigenvalue weighted by atomic mass is 9.60. The summed E-state index contributed by atoms with van der Waals surface area (Å²) in [6.07, 6.45) is 0. The molecule has 0 unspecified atom stereocenters. The number of para-hydroxylation sites is 2. The normalized spacial score (nSPS) is 13.4. The number of pyridine rings is 1. The summed E-state index contributed by atoms with van der Waals surface area (Å²) in [5, 5.41) is 5.15. The Bertz CT molecular complexity index is 2370. The van der Waals surface area contributed by atoms with Crippen molar-refractivity contribution in [1.29, 1.82) is 0 Å². The van der Waals surface area contributed by atoms with Crippen LogP contribution in [0.4, 0.5) is 11.5 Å². The Morgan fingerprint density at radius 1 is 0.600 bits per heavy atom. The Morgan fingerprint density at radius 3 is 2.27 bits per heavy atom. The molecule has 40 heavy (non-hydrogen) atoms. The minimum Gasteiger partial charge on any atom is -0.358 e. The van der Waals surface area contributed by atoms with Crippen LogP contribution in [0.15, 0.2) is 121 Å². The highest BCUT2D eigenvalue weighted by atomic mass is 32.1. The van der Waals surface area contributed by atoms with E-state index in [2.05, 4.69) is 131 Å². The molecule has 8 aromatic rings. The van der Waals surface area contributed by atoms with Crippen LogP contribution in [0, 0.1) is 0 Å². The molecule has 2 aliphatic heterocycles. The number of fused-ring (bicyclic) bond motifs is 14. The van der Waals surface area contributed by atoms with Gasteiger partial charge in [-0.15, -0.1) is 11.3 Å². The first-order valence-electron chi connectivity index (χ1n) is 13.7. The Kier molecular flexibility index (Phi) is 3.89. The van der Waals surface area contributed by atoms with Crippen LogP contribution >= 0.6 is 11.3 Å². The molecule has 10 rings (SSSR count). The molecule has 0 atom stereocenters. The summed E-state index contributed by atoms with van der Waals surface area (Å²) in [6.45, 7) is 0.0198. The average molecular weight is 525 g/mol. The minimum atomic E-state index is 0.0198. The van der Waals surface area contributed by atoms with E-state index in [0.717, 1.165) is 11.5 Å². The molecule has 5 heteroatoms. The first kappa shape index (κ1) is 21.0. The number of benzene rings is 5. The fourth-order valence-corrected chi connectivity index (χ4v) is 8.37. The second-order valence-electron chi connectivity index (χ2n) is 10.7. The van der Waals surface area contributed by atoms with Gasteiger partial charge in [0.15, 0.2) is 0 Å². The van der Waals surface area contributed by atoms with Crippen LogP contribution in [0.1, 0.15) is 0 Å². The summed E-state index contributed by atoms with van der Waals surface area (Å²) in [4.78, 5) is 8.00. The highest BCUT2D eigenvalue weighted by Gasteiger charge is 2.45. The molecular formula is C35H20BN3S. The van der Waals surface area contributed by atoms with Gasteiger partial charge in [0, 0.05) is 53.3 Å². The van der Waals surface area contributed by atoms with Crippen LogP contribution in [-0.4, -0.2) is 16.4 Å². The molecule has 0 saturated carbocycles. The molecular weight excluding hydrogens is 505 g/mol. The first-order chi connectivity index (χ1) is 19.9. The van der Waals surface area contributed by atoms with Gasteiger partial charge in [0.2, 0.25) is 0 Å². The van der Waals surface area contributed by atoms with Crippen molar-refractivity contribution in [3.8, 4) is 22.4 Å². The van der Waals surface area contributed by atoms with E-state index < -0.39 is 0 Å². The van der Waals surface area contributed by atoms with Gasteiger partial charge in [-0.3, -0.25) is 0 Å². The summed E-state index contributed by atoms with van der Waals surface area (Å²) in [6, 6.07) is 44.2. The Hall–Kier alpha value is -4.87. The zero-order valence-corrected chi connectivity index (χ0v) is 22.2. The predicted octanol–water partition coefficient (Wildman–Crippen LogP) is 8.60. The van der Waals surface area contributed by atoms with E-state index in [-0.39, 0.29) is 6.98 Å². The number of anilines is 2. The number of nitrogens with zero attached hydrogens (tertiary/aromatic N) is 3. The van der Waals surface area contributed by atoms with Crippen LogP contribution in [0.2, 0.25) is 0 Å². The highest BCUT2D eigenvalue weighted by molar-refractivity contribution is 7.26. The van der Waals surface area contributed by atoms with Crippen LogP contribution in [0.5, 0.6) is 0 Å². The number of hydrogen-bond donors (Lipinski definition) is 0. The van der Waals surface area contributed by atoms with Crippen LogP contribution in [-0.2, 0) is 0 Å². The predicted molar refractivity (Wildman–Crippen MR) is 170 cm³/mol. The molecule has 0 spiro atoms. The Labute approximate surface area is 234 Å². The van der Waals surface area contributed by atoms with Gasteiger partial charge >= 0.3 is 6.98 Å². The van der Waals surface area contributed by atoms with E-state index in [1.165, 1.54) is 69.8 Å². The molecule has 0 amide bonds. The van der Waals surface area contributed by atoms with Crippen molar-refractivity contribution < 1.29 is 0 Å². The number of thiophene rings is 1. The quantitative estimate of drug-likeness (QED) is 0.200. The minimum absolute atomic E-state index is 0.0198. The molecule has 0 fully saturated rings. The van der Waals surface area contributed by atoms with Crippen molar-refractivity contribution in [3.05, 3.63) is 121 Å². The molecule has 2 aliphatic rings. The van der Waals surface area contributed by atoms with Crippen molar-refractivity contribution in [2.75, 3.05) is 4.81 Å². The third kappa shape index (κ3) is 2.49.